The van der Waals surface area contributed by atoms with E-state index in [9.17, 15) is 19.2 Å². The van der Waals surface area contributed by atoms with Gasteiger partial charge in [0.2, 0.25) is 5.78 Å². The number of nitrogens with two attached hydrogens (primary N) is 1. The van der Waals surface area contributed by atoms with Crippen LogP contribution in [0.25, 0.3) is 0 Å². The molecular weight excluding hydrogens is 374 g/mol. The zero-order chi connectivity index (χ0) is 21.0. The number of anilines is 1. The molecule has 0 spiro atoms. The van der Waals surface area contributed by atoms with Crippen molar-refractivity contribution in [3.05, 3.63) is 62.3 Å². The Kier molecular flexibility index (Phi) is 6.00. The van der Waals surface area contributed by atoms with E-state index in [0.717, 1.165) is 23.0 Å². The van der Waals surface area contributed by atoms with Crippen LogP contribution in [0, 0.1) is 0 Å². The zero-order valence-electron chi connectivity index (χ0n) is 16.4. The van der Waals surface area contributed by atoms with Gasteiger partial charge in [0.1, 0.15) is 11.4 Å². The summed E-state index contributed by atoms with van der Waals surface area (Å²) < 4.78 is 6.49. The maximum atomic E-state index is 13.0. The molecule has 8 nitrogen and oxygen atoms in total. The highest BCUT2D eigenvalue weighted by atomic mass is 16.5. The molecule has 1 aromatic heterocycles. The van der Waals surface area contributed by atoms with Crippen molar-refractivity contribution in [2.45, 2.75) is 51.0 Å². The van der Waals surface area contributed by atoms with E-state index < -0.39 is 35.0 Å². The number of ether oxygens (including phenoxy) is 1. The molecule has 1 fully saturated rings. The standard InChI is InChI=1S/C21H25N3O5/c1-2-12-24-17(22)16(18(26)23-20(24)28)15(25)13-29-19(27)21(10-6-7-11-21)14-8-4-3-5-9-14/h3-5,8-9H,2,6-7,10-13,22H2,1H3,(H,23,26,28). The Bertz CT molecular complexity index is 1020. The molecule has 0 bridgehead atoms. The number of carbonyl (C=O) groups is 2. The first-order valence-corrected chi connectivity index (χ1v) is 9.79. The van der Waals surface area contributed by atoms with Gasteiger partial charge < -0.3 is 10.5 Å². The second-order valence-corrected chi connectivity index (χ2v) is 7.33. The Morgan fingerprint density at radius 3 is 2.45 bits per heavy atom. The molecule has 0 saturated heterocycles. The third-order valence-corrected chi connectivity index (χ3v) is 5.47. The van der Waals surface area contributed by atoms with Crippen LogP contribution < -0.4 is 17.0 Å². The summed E-state index contributed by atoms with van der Waals surface area (Å²) in [5.41, 5.74) is 4.09. The minimum atomic E-state index is -0.875. The zero-order valence-corrected chi connectivity index (χ0v) is 16.4. The molecule has 0 aliphatic heterocycles. The molecule has 1 heterocycles. The van der Waals surface area contributed by atoms with Crippen molar-refractivity contribution in [1.29, 1.82) is 0 Å². The van der Waals surface area contributed by atoms with Crippen LogP contribution in [-0.2, 0) is 21.5 Å². The lowest BCUT2D eigenvalue weighted by Crippen LogP contribution is -2.39. The van der Waals surface area contributed by atoms with Crippen molar-refractivity contribution < 1.29 is 14.3 Å². The molecule has 3 rings (SSSR count). The van der Waals surface area contributed by atoms with Crippen molar-refractivity contribution in [1.82, 2.24) is 9.55 Å². The lowest BCUT2D eigenvalue weighted by Gasteiger charge is -2.27. The molecule has 2 aromatic rings. The van der Waals surface area contributed by atoms with Crippen molar-refractivity contribution in [2.24, 2.45) is 0 Å². The molecule has 1 aromatic carbocycles. The van der Waals surface area contributed by atoms with Gasteiger partial charge in [0.05, 0.1) is 5.41 Å². The van der Waals surface area contributed by atoms with Gasteiger partial charge in [-0.25, -0.2) is 4.79 Å². The highest BCUT2D eigenvalue weighted by Gasteiger charge is 2.44. The predicted octanol–water partition coefficient (Wildman–Crippen LogP) is 1.77. The van der Waals surface area contributed by atoms with Gasteiger partial charge >= 0.3 is 11.7 Å². The molecule has 1 aliphatic rings. The van der Waals surface area contributed by atoms with Gasteiger partial charge in [-0.1, -0.05) is 50.1 Å². The third kappa shape index (κ3) is 3.87. The first kappa shape index (κ1) is 20.6. The molecule has 0 atom stereocenters. The normalized spacial score (nSPS) is 15.2. The first-order valence-electron chi connectivity index (χ1n) is 9.79. The minimum absolute atomic E-state index is 0.208. The first-order chi connectivity index (χ1) is 13.9. The van der Waals surface area contributed by atoms with Crippen molar-refractivity contribution in [3.63, 3.8) is 0 Å². The van der Waals surface area contributed by atoms with Gasteiger partial charge in [-0.05, 0) is 24.8 Å². The average molecular weight is 399 g/mol. The molecule has 0 unspecified atom stereocenters. The summed E-state index contributed by atoms with van der Waals surface area (Å²) in [5.74, 6) is -1.42. The summed E-state index contributed by atoms with van der Waals surface area (Å²) in [6.07, 6.45) is 3.68. The Hall–Kier alpha value is -3.16. The van der Waals surface area contributed by atoms with Crippen LogP contribution in [0.5, 0.6) is 0 Å². The number of hydrogen-bond donors (Lipinski definition) is 2. The lowest BCUT2D eigenvalue weighted by atomic mass is 9.79. The number of nitrogens with zero attached hydrogens (tertiary/aromatic N) is 1. The fraction of sp³-hybridized carbons (Fsp3) is 0.429. The Balaban J connectivity index is 1.82. The van der Waals surface area contributed by atoms with Gasteiger partial charge in [-0.15, -0.1) is 0 Å². The van der Waals surface area contributed by atoms with E-state index in [2.05, 4.69) is 4.98 Å². The highest BCUT2D eigenvalue weighted by Crippen LogP contribution is 2.42. The molecule has 154 valence electrons. The number of hydrogen-bond acceptors (Lipinski definition) is 6. The van der Waals surface area contributed by atoms with Crippen LogP contribution in [0.15, 0.2) is 39.9 Å². The second kappa shape index (κ2) is 8.46. The number of nitrogen functional groups attached to an aromatic ring is 1. The monoisotopic (exact) mass is 399 g/mol. The molecule has 3 N–H and O–H groups in total. The van der Waals surface area contributed by atoms with Crippen LogP contribution in [0.4, 0.5) is 5.82 Å². The number of H-pyrrole nitrogens is 1. The molecule has 0 amide bonds. The predicted molar refractivity (Wildman–Crippen MR) is 108 cm³/mol. The van der Waals surface area contributed by atoms with Crippen molar-refractivity contribution in [2.75, 3.05) is 12.3 Å². The van der Waals surface area contributed by atoms with Gasteiger partial charge in [-0.3, -0.25) is 23.9 Å². The number of aromatic nitrogens is 2. The smallest absolute Gasteiger partial charge is 0.329 e. The summed E-state index contributed by atoms with van der Waals surface area (Å²) in [4.78, 5) is 51.7. The van der Waals surface area contributed by atoms with Gasteiger partial charge in [0.15, 0.2) is 6.61 Å². The topological polar surface area (TPSA) is 124 Å². The van der Waals surface area contributed by atoms with Crippen LogP contribution >= 0.6 is 0 Å². The largest absolute Gasteiger partial charge is 0.457 e. The Morgan fingerprint density at radius 1 is 1.17 bits per heavy atom. The summed E-state index contributed by atoms with van der Waals surface area (Å²) in [6.45, 7) is 1.49. The maximum Gasteiger partial charge on any atom is 0.329 e. The lowest BCUT2D eigenvalue weighted by molar-refractivity contribution is -0.149. The SMILES string of the molecule is CCCn1c(N)c(C(=O)COC(=O)C2(c3ccccc3)CCCC2)c(=O)[nH]c1=O. The minimum Gasteiger partial charge on any atom is -0.457 e. The highest BCUT2D eigenvalue weighted by molar-refractivity contribution is 6.01. The fourth-order valence-electron chi connectivity index (χ4n) is 3.99. The maximum absolute atomic E-state index is 13.0. The Morgan fingerprint density at radius 2 is 1.83 bits per heavy atom. The quantitative estimate of drug-likeness (QED) is 0.540. The van der Waals surface area contributed by atoms with Gasteiger partial charge in [-0.2, -0.15) is 0 Å². The van der Waals surface area contributed by atoms with Gasteiger partial charge in [0, 0.05) is 6.54 Å². The van der Waals surface area contributed by atoms with Crippen LogP contribution in [0.3, 0.4) is 0 Å². The van der Waals surface area contributed by atoms with Crippen LogP contribution in [-0.4, -0.2) is 27.9 Å². The van der Waals surface area contributed by atoms with E-state index >= 15 is 0 Å². The fourth-order valence-corrected chi connectivity index (χ4v) is 3.99. The second-order valence-electron chi connectivity index (χ2n) is 7.33. The van der Waals surface area contributed by atoms with E-state index in [1.54, 1.807) is 0 Å². The van der Waals surface area contributed by atoms with Crippen LogP contribution in [0.1, 0.15) is 54.9 Å². The summed E-state index contributed by atoms with van der Waals surface area (Å²) in [5, 5.41) is 0. The molecule has 1 saturated carbocycles. The Labute approximate surface area is 167 Å². The molecule has 8 heteroatoms. The summed E-state index contributed by atoms with van der Waals surface area (Å²) >= 11 is 0. The summed E-state index contributed by atoms with van der Waals surface area (Å²) in [7, 11) is 0. The van der Waals surface area contributed by atoms with E-state index in [1.165, 1.54) is 0 Å². The third-order valence-electron chi connectivity index (χ3n) is 5.47. The van der Waals surface area contributed by atoms with E-state index in [1.807, 2.05) is 37.3 Å². The number of carbonyl (C=O) groups excluding carboxylic acids is 2. The number of Topliss-reactive ketones (excluding diaryl/α,β-unsaturated/α-hetero) is 1. The average Bonchev–Trinajstić information content (AvgIpc) is 3.21. The number of ketones is 1. The summed E-state index contributed by atoms with van der Waals surface area (Å²) in [6, 6.07) is 9.38. The number of esters is 1. The van der Waals surface area contributed by atoms with Crippen molar-refractivity contribution in [3.8, 4) is 0 Å². The van der Waals surface area contributed by atoms with E-state index in [-0.39, 0.29) is 17.9 Å². The molecule has 29 heavy (non-hydrogen) atoms. The van der Waals surface area contributed by atoms with Gasteiger partial charge in [0.25, 0.3) is 5.56 Å². The number of nitrogens with one attached hydrogen (secondary N) is 1. The van der Waals surface area contributed by atoms with E-state index in [4.69, 9.17) is 10.5 Å². The molecule has 0 radical (unpaired) electrons. The van der Waals surface area contributed by atoms with Crippen LogP contribution in [0.2, 0.25) is 0 Å². The van der Waals surface area contributed by atoms with Crippen molar-refractivity contribution >= 4 is 17.6 Å². The molecular formula is C21H25N3O5. The molecule has 1 aliphatic carbocycles. The number of aromatic amines is 1. The number of rotatable bonds is 7. The number of benzene rings is 1. The van der Waals surface area contributed by atoms with E-state index in [0.29, 0.717) is 19.3 Å².